The summed E-state index contributed by atoms with van der Waals surface area (Å²) in [6, 6.07) is 4.40. The number of rotatable bonds is 4. The Hall–Kier alpha value is -1.45. The first kappa shape index (κ1) is 13.0. The molecule has 1 aromatic heterocycles. The number of hydrogen-bond acceptors (Lipinski definition) is 5. The van der Waals surface area contributed by atoms with Crippen LogP contribution in [0.4, 0.5) is 5.69 Å². The Morgan fingerprint density at radius 1 is 1.44 bits per heavy atom. The van der Waals surface area contributed by atoms with Crippen molar-refractivity contribution in [1.82, 2.24) is 19.9 Å². The van der Waals surface area contributed by atoms with Gasteiger partial charge < -0.3 is 5.73 Å². The number of aromatic amines is 1. The van der Waals surface area contributed by atoms with Crippen LogP contribution in [0.3, 0.4) is 0 Å². The van der Waals surface area contributed by atoms with E-state index in [1.807, 2.05) is 0 Å². The highest BCUT2D eigenvalue weighted by Gasteiger charge is 2.15. The van der Waals surface area contributed by atoms with Gasteiger partial charge in [0.15, 0.2) is 0 Å². The van der Waals surface area contributed by atoms with E-state index in [1.165, 1.54) is 24.5 Å². The molecule has 0 spiro atoms. The van der Waals surface area contributed by atoms with Crippen molar-refractivity contribution in [1.29, 1.82) is 0 Å². The molecule has 1 heterocycles. The number of halogens is 1. The lowest BCUT2D eigenvalue weighted by Gasteiger charge is -2.06. The summed E-state index contributed by atoms with van der Waals surface area (Å²) >= 11 is 3.18. The molecule has 0 aliphatic heterocycles. The van der Waals surface area contributed by atoms with Crippen LogP contribution in [0.5, 0.6) is 0 Å². The van der Waals surface area contributed by atoms with Crippen molar-refractivity contribution in [3.05, 3.63) is 34.8 Å². The molecule has 18 heavy (non-hydrogen) atoms. The van der Waals surface area contributed by atoms with Crippen molar-refractivity contribution in [2.24, 2.45) is 0 Å². The number of sulfonamides is 1. The normalized spacial score (nSPS) is 11.6. The fraction of sp³-hybridized carbons (Fsp3) is 0.111. The van der Waals surface area contributed by atoms with Gasteiger partial charge in [-0.05, 0) is 34.1 Å². The topological polar surface area (TPSA) is 114 Å². The summed E-state index contributed by atoms with van der Waals surface area (Å²) in [5, 5.41) is 6.19. The maximum atomic E-state index is 12.0. The first-order valence-corrected chi connectivity index (χ1v) is 7.15. The number of nitrogen functional groups attached to an aromatic ring is 1. The zero-order valence-electron chi connectivity index (χ0n) is 9.09. The monoisotopic (exact) mass is 331 g/mol. The Labute approximate surface area is 112 Å². The summed E-state index contributed by atoms with van der Waals surface area (Å²) < 4.78 is 26.8. The van der Waals surface area contributed by atoms with Crippen LogP contribution in [0.1, 0.15) is 5.82 Å². The minimum atomic E-state index is -3.60. The largest absolute Gasteiger partial charge is 0.398 e. The summed E-state index contributed by atoms with van der Waals surface area (Å²) in [5.74, 6) is 0.438. The Kier molecular flexibility index (Phi) is 3.64. The van der Waals surface area contributed by atoms with E-state index in [-0.39, 0.29) is 11.4 Å². The molecule has 0 unspecified atom stereocenters. The second kappa shape index (κ2) is 5.04. The third kappa shape index (κ3) is 2.86. The van der Waals surface area contributed by atoms with Crippen molar-refractivity contribution >= 4 is 31.6 Å². The average Bonchev–Trinajstić information content (AvgIpc) is 2.83. The lowest BCUT2D eigenvalue weighted by molar-refractivity contribution is 0.579. The van der Waals surface area contributed by atoms with Crippen molar-refractivity contribution in [3.63, 3.8) is 0 Å². The highest BCUT2D eigenvalue weighted by Crippen LogP contribution is 2.22. The van der Waals surface area contributed by atoms with Gasteiger partial charge in [0, 0.05) is 10.2 Å². The van der Waals surface area contributed by atoms with Crippen LogP contribution in [0.25, 0.3) is 0 Å². The predicted octanol–water partition coefficient (Wildman–Crippen LogP) is 0.628. The quantitative estimate of drug-likeness (QED) is 0.711. The van der Waals surface area contributed by atoms with Gasteiger partial charge in [-0.3, -0.25) is 5.10 Å². The molecule has 0 atom stereocenters. The number of anilines is 1. The van der Waals surface area contributed by atoms with Gasteiger partial charge >= 0.3 is 0 Å². The highest BCUT2D eigenvalue weighted by atomic mass is 79.9. The third-order valence-electron chi connectivity index (χ3n) is 2.18. The smallest absolute Gasteiger partial charge is 0.241 e. The Bertz CT molecular complexity index is 641. The second-order valence-electron chi connectivity index (χ2n) is 3.44. The molecule has 96 valence electrons. The van der Waals surface area contributed by atoms with Gasteiger partial charge in [0.2, 0.25) is 10.0 Å². The van der Waals surface area contributed by atoms with E-state index in [2.05, 4.69) is 35.8 Å². The van der Waals surface area contributed by atoms with Crippen LogP contribution >= 0.6 is 15.9 Å². The summed E-state index contributed by atoms with van der Waals surface area (Å²) in [7, 11) is -3.60. The molecular weight excluding hydrogens is 322 g/mol. The molecule has 1 aromatic carbocycles. The molecule has 0 saturated carbocycles. The van der Waals surface area contributed by atoms with Gasteiger partial charge in [-0.15, -0.1) is 0 Å². The maximum Gasteiger partial charge on any atom is 0.241 e. The van der Waals surface area contributed by atoms with E-state index < -0.39 is 10.0 Å². The molecule has 0 bridgehead atoms. The van der Waals surface area contributed by atoms with E-state index in [9.17, 15) is 8.42 Å². The molecule has 0 aliphatic carbocycles. The van der Waals surface area contributed by atoms with Crippen molar-refractivity contribution < 1.29 is 8.42 Å². The molecule has 0 amide bonds. The Balaban J connectivity index is 2.17. The van der Waals surface area contributed by atoms with Crippen LogP contribution in [0, 0.1) is 0 Å². The van der Waals surface area contributed by atoms with Crippen molar-refractivity contribution in [2.75, 3.05) is 5.73 Å². The summed E-state index contributed by atoms with van der Waals surface area (Å²) in [4.78, 5) is 3.95. The van der Waals surface area contributed by atoms with Crippen LogP contribution in [-0.4, -0.2) is 23.6 Å². The first-order chi connectivity index (χ1) is 8.49. The highest BCUT2D eigenvalue weighted by molar-refractivity contribution is 9.10. The van der Waals surface area contributed by atoms with Gasteiger partial charge in [-0.25, -0.2) is 18.1 Å². The van der Waals surface area contributed by atoms with Crippen LogP contribution in [-0.2, 0) is 16.6 Å². The molecule has 0 saturated heterocycles. The summed E-state index contributed by atoms with van der Waals surface area (Å²) in [5.41, 5.74) is 6.07. The van der Waals surface area contributed by atoms with Crippen LogP contribution < -0.4 is 10.5 Å². The molecule has 0 radical (unpaired) electrons. The van der Waals surface area contributed by atoms with Crippen LogP contribution in [0.15, 0.2) is 33.9 Å². The minimum absolute atomic E-state index is 0.0460. The minimum Gasteiger partial charge on any atom is -0.398 e. The summed E-state index contributed by atoms with van der Waals surface area (Å²) in [6.07, 6.45) is 1.31. The number of benzene rings is 1. The number of aromatic nitrogens is 3. The zero-order chi connectivity index (χ0) is 13.2. The third-order valence-corrected chi connectivity index (χ3v) is 4.26. The summed E-state index contributed by atoms with van der Waals surface area (Å²) in [6.45, 7) is 0.0460. The fourth-order valence-corrected chi connectivity index (χ4v) is 2.78. The number of nitrogens with one attached hydrogen (secondary N) is 2. The van der Waals surface area contributed by atoms with Crippen LogP contribution in [0.2, 0.25) is 0 Å². The maximum absolute atomic E-state index is 12.0. The molecular formula is C9H10BrN5O2S. The Morgan fingerprint density at radius 2 is 2.22 bits per heavy atom. The molecule has 2 rings (SSSR count). The molecule has 9 heteroatoms. The molecule has 0 fully saturated rings. The van der Waals surface area contributed by atoms with E-state index in [4.69, 9.17) is 5.73 Å². The lowest BCUT2D eigenvalue weighted by Crippen LogP contribution is -2.23. The van der Waals surface area contributed by atoms with Gasteiger partial charge in [-0.1, -0.05) is 0 Å². The molecule has 4 N–H and O–H groups in total. The number of H-pyrrole nitrogens is 1. The van der Waals surface area contributed by atoms with E-state index in [1.54, 1.807) is 0 Å². The van der Waals surface area contributed by atoms with E-state index in [0.717, 1.165) is 0 Å². The molecule has 7 nitrogen and oxygen atoms in total. The predicted molar refractivity (Wildman–Crippen MR) is 69.0 cm³/mol. The number of nitrogens with zero attached hydrogens (tertiary/aromatic N) is 2. The SMILES string of the molecule is Nc1ccc(S(=O)(=O)NCc2ncn[nH]2)cc1Br. The zero-order valence-corrected chi connectivity index (χ0v) is 11.5. The fourth-order valence-electron chi connectivity index (χ4n) is 1.24. The van der Waals surface area contributed by atoms with Crippen molar-refractivity contribution in [2.45, 2.75) is 11.4 Å². The van der Waals surface area contributed by atoms with Gasteiger partial charge in [0.1, 0.15) is 12.2 Å². The Morgan fingerprint density at radius 3 is 2.83 bits per heavy atom. The molecule has 0 aliphatic rings. The van der Waals surface area contributed by atoms with Gasteiger partial charge in [-0.2, -0.15) is 5.10 Å². The number of hydrogen-bond donors (Lipinski definition) is 3. The average molecular weight is 332 g/mol. The number of nitrogens with two attached hydrogens (primary N) is 1. The van der Waals surface area contributed by atoms with E-state index in [0.29, 0.717) is 16.0 Å². The lowest BCUT2D eigenvalue weighted by atomic mass is 10.3. The van der Waals surface area contributed by atoms with Crippen molar-refractivity contribution in [3.8, 4) is 0 Å². The standard InChI is InChI=1S/C9H10BrN5O2S/c10-7-3-6(1-2-8(7)11)18(16,17)14-4-9-12-5-13-15-9/h1-3,5,14H,4,11H2,(H,12,13,15). The van der Waals surface area contributed by atoms with Gasteiger partial charge in [0.05, 0.1) is 11.4 Å². The van der Waals surface area contributed by atoms with Gasteiger partial charge in [0.25, 0.3) is 0 Å². The first-order valence-electron chi connectivity index (χ1n) is 4.88. The van der Waals surface area contributed by atoms with E-state index >= 15 is 0 Å². The second-order valence-corrected chi connectivity index (χ2v) is 6.06. The molecule has 2 aromatic rings.